The van der Waals surface area contributed by atoms with Gasteiger partial charge in [-0.25, -0.2) is 0 Å². The van der Waals surface area contributed by atoms with Gasteiger partial charge in [0.15, 0.2) is 0 Å². The highest BCUT2D eigenvalue weighted by molar-refractivity contribution is 6.01. The molecule has 3 rings (SSSR count). The second-order valence-electron chi connectivity index (χ2n) is 6.10. The van der Waals surface area contributed by atoms with Crippen LogP contribution in [0.25, 0.3) is 0 Å². The third-order valence-corrected chi connectivity index (χ3v) is 4.52. The van der Waals surface area contributed by atoms with E-state index >= 15 is 0 Å². The number of carbonyl (C=O) groups is 3. The van der Waals surface area contributed by atoms with Crippen molar-refractivity contribution in [1.82, 2.24) is 4.90 Å². The number of ether oxygens (including phenoxy) is 1. The molecule has 2 aliphatic heterocycles. The molecular formula is C17H20N2O5. The van der Waals surface area contributed by atoms with E-state index in [-0.39, 0.29) is 30.8 Å². The summed E-state index contributed by atoms with van der Waals surface area (Å²) in [5.74, 6) is -2.22. The lowest BCUT2D eigenvalue weighted by atomic mass is 9.88. The van der Waals surface area contributed by atoms with E-state index in [4.69, 9.17) is 4.74 Å². The van der Waals surface area contributed by atoms with Crippen LogP contribution >= 0.6 is 0 Å². The first kappa shape index (κ1) is 16.4. The van der Waals surface area contributed by atoms with Gasteiger partial charge in [0.25, 0.3) is 0 Å². The Hall–Kier alpha value is -2.41. The number of benzene rings is 1. The van der Waals surface area contributed by atoms with Crippen molar-refractivity contribution in [1.29, 1.82) is 0 Å². The van der Waals surface area contributed by atoms with Gasteiger partial charge in [-0.3, -0.25) is 14.4 Å². The third kappa shape index (κ3) is 3.41. The zero-order valence-electron chi connectivity index (χ0n) is 13.2. The molecule has 128 valence electrons. The number of para-hydroxylation sites is 1. The molecule has 2 aliphatic rings. The van der Waals surface area contributed by atoms with Crippen molar-refractivity contribution < 1.29 is 24.2 Å². The first-order valence-electron chi connectivity index (χ1n) is 8.05. The Kier molecular flexibility index (Phi) is 4.80. The number of hydrogen-bond donors (Lipinski definition) is 2. The average molecular weight is 332 g/mol. The van der Waals surface area contributed by atoms with Crippen LogP contribution in [0.5, 0.6) is 0 Å². The summed E-state index contributed by atoms with van der Waals surface area (Å²) in [5.41, 5.74) is 1.36. The summed E-state index contributed by atoms with van der Waals surface area (Å²) in [6, 6.07) is 6.99. The number of rotatable bonds is 4. The van der Waals surface area contributed by atoms with Gasteiger partial charge in [-0.05, 0) is 24.5 Å². The molecule has 1 atom stereocenters. The normalized spacial score (nSPS) is 20.8. The van der Waals surface area contributed by atoms with E-state index in [1.165, 1.54) is 4.90 Å². The van der Waals surface area contributed by atoms with Gasteiger partial charge in [0.05, 0.1) is 5.92 Å². The molecule has 7 nitrogen and oxygen atoms in total. The number of aliphatic carboxylic acids is 1. The van der Waals surface area contributed by atoms with Gasteiger partial charge in [-0.1, -0.05) is 18.2 Å². The number of fused-ring (bicyclic) bond motifs is 1. The Bertz CT molecular complexity index is 654. The summed E-state index contributed by atoms with van der Waals surface area (Å²) in [5, 5.41) is 12.0. The van der Waals surface area contributed by atoms with Crippen LogP contribution in [0.4, 0.5) is 5.69 Å². The molecule has 1 unspecified atom stereocenters. The zero-order chi connectivity index (χ0) is 17.1. The summed E-state index contributed by atoms with van der Waals surface area (Å²) in [7, 11) is 0. The van der Waals surface area contributed by atoms with Crippen molar-refractivity contribution in [2.75, 3.05) is 25.1 Å². The summed E-state index contributed by atoms with van der Waals surface area (Å²) >= 11 is 0. The Morgan fingerprint density at radius 1 is 1.25 bits per heavy atom. The monoisotopic (exact) mass is 332 g/mol. The minimum Gasteiger partial charge on any atom is -0.480 e. The van der Waals surface area contributed by atoms with Crippen molar-refractivity contribution in [3.05, 3.63) is 29.8 Å². The van der Waals surface area contributed by atoms with Crippen molar-refractivity contribution >= 4 is 23.5 Å². The van der Waals surface area contributed by atoms with Crippen LogP contribution in [0, 0.1) is 0 Å². The van der Waals surface area contributed by atoms with E-state index in [1.54, 1.807) is 18.2 Å². The average Bonchev–Trinajstić information content (AvgIpc) is 2.59. The first-order chi connectivity index (χ1) is 11.6. The number of carbonyl (C=O) groups excluding carboxylic acids is 2. The van der Waals surface area contributed by atoms with Gasteiger partial charge in [0.2, 0.25) is 11.8 Å². The van der Waals surface area contributed by atoms with Gasteiger partial charge in [0.1, 0.15) is 6.54 Å². The zero-order valence-corrected chi connectivity index (χ0v) is 13.2. The molecule has 0 saturated carbocycles. The van der Waals surface area contributed by atoms with Crippen LogP contribution in [-0.4, -0.2) is 53.6 Å². The maximum atomic E-state index is 13.1. The quantitative estimate of drug-likeness (QED) is 0.864. The fraction of sp³-hybridized carbons (Fsp3) is 0.471. The van der Waals surface area contributed by atoms with E-state index in [9.17, 15) is 19.5 Å². The molecule has 2 amide bonds. The van der Waals surface area contributed by atoms with Crippen LogP contribution in [0.15, 0.2) is 24.3 Å². The van der Waals surface area contributed by atoms with Crippen LogP contribution < -0.4 is 5.32 Å². The van der Waals surface area contributed by atoms with E-state index in [0.29, 0.717) is 31.7 Å². The Balaban J connectivity index is 1.89. The van der Waals surface area contributed by atoms with Crippen LogP contribution in [-0.2, 0) is 19.1 Å². The molecule has 2 N–H and O–H groups in total. The lowest BCUT2D eigenvalue weighted by Gasteiger charge is -2.36. The summed E-state index contributed by atoms with van der Waals surface area (Å²) in [4.78, 5) is 37.7. The van der Waals surface area contributed by atoms with Crippen LogP contribution in [0.1, 0.15) is 30.7 Å². The number of nitrogens with zero attached hydrogens (tertiary/aromatic N) is 1. The lowest BCUT2D eigenvalue weighted by Crippen LogP contribution is -2.48. The van der Waals surface area contributed by atoms with Gasteiger partial charge >= 0.3 is 5.97 Å². The fourth-order valence-electron chi connectivity index (χ4n) is 3.36. The highest BCUT2D eigenvalue weighted by atomic mass is 16.5. The molecule has 0 aliphatic carbocycles. The molecule has 1 saturated heterocycles. The molecule has 1 aromatic rings. The highest BCUT2D eigenvalue weighted by Crippen LogP contribution is 2.34. The molecule has 0 bridgehead atoms. The molecule has 2 heterocycles. The largest absolute Gasteiger partial charge is 0.480 e. The van der Waals surface area contributed by atoms with Gasteiger partial charge in [0, 0.05) is 31.4 Å². The molecule has 0 radical (unpaired) electrons. The molecule has 1 aromatic carbocycles. The second-order valence-corrected chi connectivity index (χ2v) is 6.10. The first-order valence-corrected chi connectivity index (χ1v) is 8.05. The van der Waals surface area contributed by atoms with Crippen molar-refractivity contribution in [3.63, 3.8) is 0 Å². The predicted octanol–water partition coefficient (Wildman–Crippen LogP) is 1.20. The summed E-state index contributed by atoms with van der Waals surface area (Å²) in [6.07, 6.45) is 1.26. The summed E-state index contributed by atoms with van der Waals surface area (Å²) < 4.78 is 5.30. The van der Waals surface area contributed by atoms with E-state index in [0.717, 1.165) is 5.56 Å². The molecule has 0 aromatic heterocycles. The molecular weight excluding hydrogens is 312 g/mol. The highest BCUT2D eigenvalue weighted by Gasteiger charge is 2.37. The van der Waals surface area contributed by atoms with Gasteiger partial charge < -0.3 is 20.1 Å². The van der Waals surface area contributed by atoms with Crippen molar-refractivity contribution in [3.8, 4) is 0 Å². The Morgan fingerprint density at radius 2 is 1.96 bits per heavy atom. The number of anilines is 1. The molecule has 1 fully saturated rings. The number of amides is 2. The van der Waals surface area contributed by atoms with Gasteiger partial charge in [-0.15, -0.1) is 0 Å². The lowest BCUT2D eigenvalue weighted by molar-refractivity contribution is -0.149. The second kappa shape index (κ2) is 7.00. The maximum absolute atomic E-state index is 13.1. The Morgan fingerprint density at radius 3 is 2.67 bits per heavy atom. The van der Waals surface area contributed by atoms with Gasteiger partial charge in [-0.2, -0.15) is 0 Å². The number of nitrogens with one attached hydrogen (secondary N) is 1. The van der Waals surface area contributed by atoms with Crippen molar-refractivity contribution in [2.24, 2.45) is 0 Å². The standard InChI is InChI=1S/C17H20N2O5/c20-15-9-13(12-3-1-2-4-14(12)18-15)17(23)19(10-16(21)22)11-5-7-24-8-6-11/h1-4,11,13H,5-10H2,(H,18,20)(H,21,22). The third-order valence-electron chi connectivity index (χ3n) is 4.52. The SMILES string of the molecule is O=C(O)CN(C(=O)C1CC(=O)Nc2ccccc21)C1CCOCC1. The molecule has 7 heteroatoms. The van der Waals surface area contributed by atoms with E-state index < -0.39 is 11.9 Å². The minimum absolute atomic E-state index is 0.0369. The minimum atomic E-state index is -1.05. The molecule has 24 heavy (non-hydrogen) atoms. The number of carboxylic acids is 1. The number of carboxylic acid groups (broad SMARTS) is 1. The molecule has 0 spiro atoms. The maximum Gasteiger partial charge on any atom is 0.323 e. The number of hydrogen-bond acceptors (Lipinski definition) is 4. The fourth-order valence-corrected chi connectivity index (χ4v) is 3.36. The Labute approximate surface area is 139 Å². The topological polar surface area (TPSA) is 95.9 Å². The van der Waals surface area contributed by atoms with E-state index in [2.05, 4.69) is 5.32 Å². The summed E-state index contributed by atoms with van der Waals surface area (Å²) in [6.45, 7) is 0.662. The van der Waals surface area contributed by atoms with E-state index in [1.807, 2.05) is 6.07 Å². The predicted molar refractivity (Wildman–Crippen MR) is 85.6 cm³/mol. The van der Waals surface area contributed by atoms with Crippen LogP contribution in [0.2, 0.25) is 0 Å². The van der Waals surface area contributed by atoms with Crippen molar-refractivity contribution in [2.45, 2.75) is 31.2 Å². The van der Waals surface area contributed by atoms with Crippen LogP contribution in [0.3, 0.4) is 0 Å². The smallest absolute Gasteiger partial charge is 0.323 e.